The smallest absolute Gasteiger partial charge is 0.251 e. The van der Waals surface area contributed by atoms with Gasteiger partial charge in [-0.2, -0.15) is 0 Å². The lowest BCUT2D eigenvalue weighted by Gasteiger charge is -2.19. The fraction of sp³-hybridized carbons (Fsp3) is 0.429. The fourth-order valence-electron chi connectivity index (χ4n) is 1.88. The number of benzene rings is 1. The van der Waals surface area contributed by atoms with Gasteiger partial charge in [-0.3, -0.25) is 4.79 Å². The van der Waals surface area contributed by atoms with Crippen molar-refractivity contribution >= 4 is 5.91 Å². The van der Waals surface area contributed by atoms with Gasteiger partial charge in [-0.1, -0.05) is 26.0 Å². The van der Waals surface area contributed by atoms with Crippen LogP contribution in [-0.2, 0) is 6.54 Å². The molecule has 0 saturated heterocycles. The Morgan fingerprint density at radius 3 is 2.57 bits per heavy atom. The second kappa shape index (κ2) is 6.94. The normalized spacial score (nSPS) is 12.4. The molecule has 0 aliphatic carbocycles. The Morgan fingerprint density at radius 2 is 2.05 bits per heavy atom. The molecule has 2 N–H and O–H groups in total. The van der Waals surface area contributed by atoms with Crippen LogP contribution >= 0.6 is 0 Å². The molecule has 0 radical (unpaired) electrons. The zero-order valence-electron chi connectivity index (χ0n) is 12.1. The maximum atomic E-state index is 12.1. The van der Waals surface area contributed by atoms with E-state index in [1.807, 2.05) is 26.0 Å². The van der Waals surface area contributed by atoms with E-state index in [0.717, 1.165) is 5.56 Å². The number of tetrazole rings is 1. The number of nitrogens with one attached hydrogen (secondary N) is 1. The van der Waals surface area contributed by atoms with Crippen LogP contribution in [0, 0.1) is 5.92 Å². The fourth-order valence-corrected chi connectivity index (χ4v) is 1.88. The second-order valence-electron chi connectivity index (χ2n) is 5.21. The number of nitrogens with zero attached hydrogens (tertiary/aromatic N) is 4. The summed E-state index contributed by atoms with van der Waals surface area (Å²) in [6.45, 7) is 4.40. The molecule has 112 valence electrons. The minimum atomic E-state index is -0.238. The van der Waals surface area contributed by atoms with Gasteiger partial charge < -0.3 is 10.4 Å². The van der Waals surface area contributed by atoms with Crippen molar-refractivity contribution in [3.05, 3.63) is 41.7 Å². The van der Waals surface area contributed by atoms with E-state index in [2.05, 4.69) is 20.8 Å². The van der Waals surface area contributed by atoms with Crippen molar-refractivity contribution in [3.8, 4) is 0 Å². The summed E-state index contributed by atoms with van der Waals surface area (Å²) in [6.07, 6.45) is 1.54. The van der Waals surface area contributed by atoms with Crippen LogP contribution in [0.5, 0.6) is 0 Å². The van der Waals surface area contributed by atoms with E-state index in [1.165, 1.54) is 6.33 Å². The van der Waals surface area contributed by atoms with Gasteiger partial charge in [0.1, 0.15) is 6.33 Å². The second-order valence-corrected chi connectivity index (χ2v) is 5.21. The molecule has 0 fully saturated rings. The lowest BCUT2D eigenvalue weighted by molar-refractivity contribution is 0.0897. The Hall–Kier alpha value is -2.28. The van der Waals surface area contributed by atoms with Gasteiger partial charge in [0.25, 0.3) is 5.91 Å². The van der Waals surface area contributed by atoms with E-state index in [1.54, 1.807) is 16.8 Å². The molecule has 1 aromatic heterocycles. The molecule has 7 heteroatoms. The first-order valence-electron chi connectivity index (χ1n) is 6.81. The minimum absolute atomic E-state index is 0.0687. The number of aliphatic hydroxyl groups is 1. The van der Waals surface area contributed by atoms with E-state index in [4.69, 9.17) is 0 Å². The van der Waals surface area contributed by atoms with Crippen molar-refractivity contribution in [2.45, 2.75) is 26.4 Å². The van der Waals surface area contributed by atoms with Gasteiger partial charge in [-0.25, -0.2) is 4.68 Å². The molecule has 7 nitrogen and oxygen atoms in total. The molecule has 0 aliphatic rings. The summed E-state index contributed by atoms with van der Waals surface area (Å²) in [5.41, 5.74) is 1.57. The average Bonchev–Trinajstić information content (AvgIpc) is 2.98. The molecular weight excluding hydrogens is 270 g/mol. The SMILES string of the molecule is CC(C)[C@@H](CO)NC(=O)c1ccc(Cn2cnnn2)cc1. The van der Waals surface area contributed by atoms with E-state index < -0.39 is 0 Å². The summed E-state index contributed by atoms with van der Waals surface area (Å²) < 4.78 is 1.61. The molecule has 0 spiro atoms. The molecule has 1 aromatic carbocycles. The standard InChI is InChI=1S/C14H19N5O2/c1-10(2)13(8-20)16-14(21)12-5-3-11(4-6-12)7-19-9-15-17-18-19/h3-6,9-10,13,20H,7-8H2,1-2H3,(H,16,21)/t13-/m1/s1. The van der Waals surface area contributed by atoms with E-state index in [-0.39, 0.29) is 24.5 Å². The van der Waals surface area contributed by atoms with Gasteiger partial charge in [0, 0.05) is 5.56 Å². The molecule has 2 aromatic rings. The van der Waals surface area contributed by atoms with Crippen LogP contribution < -0.4 is 5.32 Å². The molecule has 0 unspecified atom stereocenters. The van der Waals surface area contributed by atoms with Gasteiger partial charge >= 0.3 is 0 Å². The highest BCUT2D eigenvalue weighted by Crippen LogP contribution is 2.07. The lowest BCUT2D eigenvalue weighted by atomic mass is 10.0. The first kappa shape index (κ1) is 15.1. The topological polar surface area (TPSA) is 92.9 Å². The van der Waals surface area contributed by atoms with Crippen molar-refractivity contribution in [1.82, 2.24) is 25.5 Å². The van der Waals surface area contributed by atoms with Crippen LogP contribution in [-0.4, -0.2) is 43.9 Å². The van der Waals surface area contributed by atoms with Gasteiger partial charge in [0.2, 0.25) is 0 Å². The van der Waals surface area contributed by atoms with Gasteiger partial charge in [-0.15, -0.1) is 5.10 Å². The van der Waals surface area contributed by atoms with Gasteiger partial charge in [0.05, 0.1) is 19.2 Å². The summed E-state index contributed by atoms with van der Waals surface area (Å²) in [5, 5.41) is 23.0. The van der Waals surface area contributed by atoms with E-state index in [9.17, 15) is 9.90 Å². The zero-order chi connectivity index (χ0) is 15.2. The van der Waals surface area contributed by atoms with Crippen LogP contribution in [0.25, 0.3) is 0 Å². The predicted octanol–water partition coefficient (Wildman–Crippen LogP) is 0.468. The van der Waals surface area contributed by atoms with Crippen molar-refractivity contribution in [1.29, 1.82) is 0 Å². The van der Waals surface area contributed by atoms with E-state index in [0.29, 0.717) is 12.1 Å². The number of aromatic nitrogens is 4. The molecule has 1 atom stereocenters. The Labute approximate surface area is 123 Å². The van der Waals surface area contributed by atoms with Crippen LogP contribution in [0.15, 0.2) is 30.6 Å². The lowest BCUT2D eigenvalue weighted by Crippen LogP contribution is -2.41. The van der Waals surface area contributed by atoms with Crippen LogP contribution in [0.2, 0.25) is 0 Å². The first-order valence-corrected chi connectivity index (χ1v) is 6.81. The summed E-state index contributed by atoms with van der Waals surface area (Å²) in [5.74, 6) is -0.00485. The highest BCUT2D eigenvalue weighted by molar-refractivity contribution is 5.94. The Kier molecular flexibility index (Phi) is 4.99. The summed E-state index contributed by atoms with van der Waals surface area (Å²) >= 11 is 0. The number of hydrogen-bond acceptors (Lipinski definition) is 5. The molecule has 0 aliphatic heterocycles. The number of carbonyl (C=O) groups is 1. The molecular formula is C14H19N5O2. The molecule has 1 amide bonds. The van der Waals surface area contributed by atoms with Crippen molar-refractivity contribution in [2.24, 2.45) is 5.92 Å². The van der Waals surface area contributed by atoms with E-state index >= 15 is 0 Å². The highest BCUT2D eigenvalue weighted by atomic mass is 16.3. The summed E-state index contributed by atoms with van der Waals surface area (Å²) in [4.78, 5) is 12.1. The van der Waals surface area contributed by atoms with Crippen LogP contribution in [0.3, 0.4) is 0 Å². The maximum Gasteiger partial charge on any atom is 0.251 e. The largest absolute Gasteiger partial charge is 0.394 e. The molecule has 21 heavy (non-hydrogen) atoms. The summed E-state index contributed by atoms with van der Waals surface area (Å²) in [7, 11) is 0. The quantitative estimate of drug-likeness (QED) is 0.806. The maximum absolute atomic E-state index is 12.1. The number of amides is 1. The minimum Gasteiger partial charge on any atom is -0.394 e. The highest BCUT2D eigenvalue weighted by Gasteiger charge is 2.16. The van der Waals surface area contributed by atoms with Gasteiger partial charge in [-0.05, 0) is 34.0 Å². The Morgan fingerprint density at radius 1 is 1.33 bits per heavy atom. The number of rotatable bonds is 6. The summed E-state index contributed by atoms with van der Waals surface area (Å²) in [6, 6.07) is 6.99. The molecule has 0 saturated carbocycles. The number of carbonyl (C=O) groups excluding carboxylic acids is 1. The number of aliphatic hydroxyl groups excluding tert-OH is 1. The molecule has 0 bridgehead atoms. The first-order chi connectivity index (χ1) is 10.1. The average molecular weight is 289 g/mol. The zero-order valence-corrected chi connectivity index (χ0v) is 12.1. The van der Waals surface area contributed by atoms with Crippen molar-refractivity contribution < 1.29 is 9.90 Å². The number of hydrogen-bond donors (Lipinski definition) is 2. The third-order valence-electron chi connectivity index (χ3n) is 3.27. The Bertz CT molecular complexity index is 566. The van der Waals surface area contributed by atoms with Crippen LogP contribution in [0.4, 0.5) is 0 Å². The molecule has 1 heterocycles. The monoisotopic (exact) mass is 289 g/mol. The van der Waals surface area contributed by atoms with Crippen LogP contribution in [0.1, 0.15) is 29.8 Å². The Balaban J connectivity index is 1.99. The van der Waals surface area contributed by atoms with Crippen molar-refractivity contribution in [2.75, 3.05) is 6.61 Å². The third-order valence-corrected chi connectivity index (χ3v) is 3.27. The third kappa shape index (κ3) is 4.09. The predicted molar refractivity (Wildman–Crippen MR) is 76.5 cm³/mol. The van der Waals surface area contributed by atoms with Gasteiger partial charge in [0.15, 0.2) is 0 Å². The van der Waals surface area contributed by atoms with Crippen molar-refractivity contribution in [3.63, 3.8) is 0 Å². The molecule has 2 rings (SSSR count).